The van der Waals surface area contributed by atoms with Crippen LogP contribution in [-0.2, 0) is 0 Å². The summed E-state index contributed by atoms with van der Waals surface area (Å²) < 4.78 is 0. The SMILES string of the molecule is Oc1c(-c2ccccc2)cccc1-c1cccc(-c2cccc(-c3ccccc3)c2O)c1N1c2cc(N(c3ccccc3)c3ccccc3)ccc2B2c3ccc(N(c4ccccc4)c4ccccc4)cc3N(c3c(-c4cccc(-c5ccccc5)c4O)cccc3-c3cccc(-c4ccccc4)c3O)c3cc(-c4ccccc4)cc1c32. The van der Waals surface area contributed by atoms with Crippen molar-refractivity contribution < 1.29 is 20.4 Å². The Morgan fingerprint density at radius 3 is 0.675 bits per heavy atom. The normalized spacial score (nSPS) is 11.8. The Bertz CT molecular complexity index is 6070. The number of phenolic OH excluding ortho intramolecular Hbond substituents is 4. The Balaban J connectivity index is 0.969. The third-order valence-corrected chi connectivity index (χ3v) is 22.9. The molecular formula is C108H75BN4O4. The topological polar surface area (TPSA) is 93.9 Å². The van der Waals surface area contributed by atoms with Gasteiger partial charge in [-0.15, -0.1) is 0 Å². The maximum absolute atomic E-state index is 13.5. The van der Waals surface area contributed by atoms with Gasteiger partial charge >= 0.3 is 0 Å². The number of phenols is 4. The highest BCUT2D eigenvalue weighted by Crippen LogP contribution is 2.59. The fraction of sp³-hybridized carbons (Fsp3) is 0. The molecule has 0 saturated carbocycles. The third-order valence-electron chi connectivity index (χ3n) is 22.9. The van der Waals surface area contributed by atoms with E-state index >= 15 is 0 Å². The second-order valence-electron chi connectivity index (χ2n) is 29.6. The molecule has 18 aromatic rings. The summed E-state index contributed by atoms with van der Waals surface area (Å²) in [7, 11) is 0. The van der Waals surface area contributed by atoms with Crippen molar-refractivity contribution in [1.29, 1.82) is 0 Å². The zero-order valence-electron chi connectivity index (χ0n) is 63.6. The van der Waals surface area contributed by atoms with Gasteiger partial charge in [-0.3, -0.25) is 0 Å². The van der Waals surface area contributed by atoms with E-state index < -0.39 is 6.71 Å². The van der Waals surface area contributed by atoms with E-state index in [2.05, 4.69) is 220 Å². The largest absolute Gasteiger partial charge is 0.507 e. The lowest BCUT2D eigenvalue weighted by atomic mass is 9.33. The quantitative estimate of drug-likeness (QED) is 0.0670. The van der Waals surface area contributed by atoms with Gasteiger partial charge in [-0.05, 0) is 135 Å². The van der Waals surface area contributed by atoms with Crippen molar-refractivity contribution in [2.75, 3.05) is 19.6 Å². The lowest BCUT2D eigenvalue weighted by molar-refractivity contribution is 0.478. The van der Waals surface area contributed by atoms with Crippen LogP contribution in [0.3, 0.4) is 0 Å². The maximum atomic E-state index is 13.5. The summed E-state index contributed by atoms with van der Waals surface area (Å²) in [6, 6.07) is 148. The lowest BCUT2D eigenvalue weighted by Gasteiger charge is -2.46. The zero-order valence-corrected chi connectivity index (χ0v) is 63.6. The van der Waals surface area contributed by atoms with Crippen LogP contribution >= 0.6 is 0 Å². The predicted octanol–water partition coefficient (Wildman–Crippen LogP) is 26.5. The number of nitrogens with zero attached hydrogens (tertiary/aromatic N) is 4. The van der Waals surface area contributed by atoms with Crippen molar-refractivity contribution in [2.24, 2.45) is 0 Å². The molecule has 117 heavy (non-hydrogen) atoms. The van der Waals surface area contributed by atoms with Crippen molar-refractivity contribution in [3.63, 3.8) is 0 Å². The molecule has 0 saturated heterocycles. The Morgan fingerprint density at radius 2 is 0.410 bits per heavy atom. The van der Waals surface area contributed by atoms with Crippen LogP contribution in [0.4, 0.5) is 68.2 Å². The molecule has 2 heterocycles. The number of hydrogen-bond acceptors (Lipinski definition) is 8. The molecule has 4 N–H and O–H groups in total. The highest BCUT2D eigenvalue weighted by molar-refractivity contribution is 7.00. The van der Waals surface area contributed by atoms with Gasteiger partial charge in [-0.1, -0.05) is 346 Å². The minimum atomic E-state index is -0.537. The van der Waals surface area contributed by atoms with Gasteiger partial charge in [0.1, 0.15) is 23.0 Å². The van der Waals surface area contributed by atoms with Crippen molar-refractivity contribution in [3.05, 3.63) is 431 Å². The van der Waals surface area contributed by atoms with E-state index in [-0.39, 0.29) is 23.0 Å². The molecule has 0 atom stereocenters. The highest BCUT2D eigenvalue weighted by atomic mass is 16.3. The minimum absolute atomic E-state index is 0.0897. The summed E-state index contributed by atoms with van der Waals surface area (Å²) in [5.74, 6) is 0.359. The van der Waals surface area contributed by atoms with Crippen LogP contribution in [0.15, 0.2) is 431 Å². The molecule has 554 valence electrons. The molecule has 0 aliphatic carbocycles. The summed E-state index contributed by atoms with van der Waals surface area (Å²) in [6.45, 7) is -0.537. The molecule has 8 nitrogen and oxygen atoms in total. The van der Waals surface area contributed by atoms with Gasteiger partial charge in [-0.2, -0.15) is 0 Å². The Hall–Kier alpha value is -15.6. The van der Waals surface area contributed by atoms with Crippen LogP contribution in [0.25, 0.3) is 100 Å². The predicted molar refractivity (Wildman–Crippen MR) is 485 cm³/mol. The monoisotopic (exact) mass is 1500 g/mol. The Labute approximate surface area is 680 Å². The first-order valence-corrected chi connectivity index (χ1v) is 39.5. The molecule has 0 radical (unpaired) electrons. The molecule has 9 heteroatoms. The first-order valence-electron chi connectivity index (χ1n) is 39.5. The van der Waals surface area contributed by atoms with Gasteiger partial charge in [0.05, 0.1) is 11.4 Å². The van der Waals surface area contributed by atoms with Gasteiger partial charge in [0.15, 0.2) is 0 Å². The number of hydrogen-bond donors (Lipinski definition) is 4. The summed E-state index contributed by atoms with van der Waals surface area (Å²) in [5.41, 5.74) is 26.1. The first kappa shape index (κ1) is 70.5. The number of benzene rings is 18. The van der Waals surface area contributed by atoms with Crippen LogP contribution in [0, 0.1) is 0 Å². The second-order valence-corrected chi connectivity index (χ2v) is 29.6. The molecule has 0 aromatic heterocycles. The van der Waals surface area contributed by atoms with E-state index in [1.807, 2.05) is 231 Å². The third kappa shape index (κ3) is 12.5. The summed E-state index contributed by atoms with van der Waals surface area (Å²) in [4.78, 5) is 9.46. The zero-order chi connectivity index (χ0) is 78.5. The van der Waals surface area contributed by atoms with Crippen LogP contribution in [0.2, 0.25) is 0 Å². The van der Waals surface area contributed by atoms with Gasteiger partial charge in [0.25, 0.3) is 6.71 Å². The summed E-state index contributed by atoms with van der Waals surface area (Å²) >= 11 is 0. The lowest BCUT2D eigenvalue weighted by Crippen LogP contribution is -2.61. The van der Waals surface area contributed by atoms with Gasteiger partial charge in [-0.25, -0.2) is 0 Å². The van der Waals surface area contributed by atoms with Gasteiger partial charge in [0, 0.05) is 124 Å². The van der Waals surface area contributed by atoms with Gasteiger partial charge in [0.2, 0.25) is 0 Å². The number of fused-ring (bicyclic) bond motifs is 4. The van der Waals surface area contributed by atoms with Crippen molar-refractivity contribution in [3.8, 4) is 123 Å². The minimum Gasteiger partial charge on any atom is -0.507 e. The first-order chi connectivity index (χ1) is 57.8. The molecule has 0 amide bonds. The molecule has 0 fully saturated rings. The molecular weight excluding hydrogens is 1430 g/mol. The van der Waals surface area contributed by atoms with E-state index in [4.69, 9.17) is 0 Å². The summed E-state index contributed by atoms with van der Waals surface area (Å²) in [6.07, 6.45) is 0. The Kier molecular flexibility index (Phi) is 18.2. The molecule has 2 aliphatic heterocycles. The molecule has 0 bridgehead atoms. The standard InChI is InChI=1S/C108H75BN4O4/c114-105-84(73-36-12-2-13-37-73)52-28-60-92(105)88-56-32-57-89(93-61-29-53-85(106(93)115)74-38-14-3-15-39-74)103(88)112-98-70-82(110(78-44-20-6-21-45-78)79-46-22-7-23-47-79)64-66-96(98)109-97-67-65-83(111(80-48-24-8-25-49-80)81-50-26-9-27-51-81)71-99(97)113(101-69-77(68-100(112)102(101)109)72-34-10-1-11-35-72)104-90(94-62-30-54-86(107(94)116)75-40-16-4-17-41-75)58-33-59-91(104)95-63-31-55-87(108(95)117)76-42-18-5-19-43-76/h1-71,114-117H. The van der Waals surface area contributed by atoms with E-state index in [1.165, 1.54) is 0 Å². The van der Waals surface area contributed by atoms with Crippen molar-refractivity contribution >= 4 is 91.3 Å². The van der Waals surface area contributed by atoms with Crippen molar-refractivity contribution in [2.45, 2.75) is 0 Å². The van der Waals surface area contributed by atoms with E-state index in [1.54, 1.807) is 0 Å². The number of anilines is 12. The van der Waals surface area contributed by atoms with Crippen LogP contribution in [0.1, 0.15) is 0 Å². The van der Waals surface area contributed by atoms with Gasteiger partial charge < -0.3 is 40.0 Å². The number of para-hydroxylation sites is 10. The van der Waals surface area contributed by atoms with E-state index in [0.29, 0.717) is 78.1 Å². The van der Waals surface area contributed by atoms with Crippen molar-refractivity contribution in [1.82, 2.24) is 0 Å². The summed E-state index contributed by atoms with van der Waals surface area (Å²) in [5, 5.41) is 54.0. The smallest absolute Gasteiger partial charge is 0.252 e. The highest BCUT2D eigenvalue weighted by Gasteiger charge is 2.47. The fourth-order valence-electron chi connectivity index (χ4n) is 17.6. The van der Waals surface area contributed by atoms with E-state index in [0.717, 1.165) is 107 Å². The molecule has 0 unspecified atom stereocenters. The number of rotatable bonds is 17. The molecule has 18 aromatic carbocycles. The number of aromatic hydroxyl groups is 4. The average molecular weight is 1500 g/mol. The molecule has 20 rings (SSSR count). The van der Waals surface area contributed by atoms with Crippen LogP contribution < -0.4 is 36.0 Å². The maximum Gasteiger partial charge on any atom is 0.252 e. The molecule has 2 aliphatic rings. The van der Waals surface area contributed by atoms with Crippen LogP contribution in [0.5, 0.6) is 23.0 Å². The fourth-order valence-corrected chi connectivity index (χ4v) is 17.6. The van der Waals surface area contributed by atoms with E-state index in [9.17, 15) is 20.4 Å². The molecule has 0 spiro atoms. The Morgan fingerprint density at radius 1 is 0.179 bits per heavy atom. The van der Waals surface area contributed by atoms with Crippen LogP contribution in [-0.4, -0.2) is 27.1 Å². The average Bonchev–Trinajstić information content (AvgIpc) is 0.685. The second kappa shape index (κ2) is 30.2.